The van der Waals surface area contributed by atoms with Gasteiger partial charge in [-0.05, 0) is 30.3 Å². The molecular weight excluding hydrogens is 372 g/mol. The van der Waals surface area contributed by atoms with Crippen LogP contribution in [0.2, 0.25) is 5.02 Å². The molecule has 2 heterocycles. The van der Waals surface area contributed by atoms with Crippen LogP contribution in [0.25, 0.3) is 22.2 Å². The minimum absolute atomic E-state index is 0.251. The molecule has 26 heavy (non-hydrogen) atoms. The van der Waals surface area contributed by atoms with Crippen molar-refractivity contribution in [2.24, 2.45) is 0 Å². The maximum Gasteiger partial charge on any atom is 0.345 e. The number of carbonyl (C=O) groups is 1. The van der Waals surface area contributed by atoms with Crippen LogP contribution in [-0.2, 0) is 0 Å². The predicted octanol–water partition coefficient (Wildman–Crippen LogP) is 5.13. The minimum Gasteiger partial charge on any atom is -0.422 e. The molecule has 5 nitrogen and oxygen atoms in total. The Hall–Kier alpha value is -2.96. The first-order valence-corrected chi connectivity index (χ1v) is 8.85. The number of thiazole rings is 1. The van der Waals surface area contributed by atoms with Crippen molar-refractivity contribution in [3.63, 3.8) is 0 Å². The molecule has 1 N–H and O–H groups in total. The predicted molar refractivity (Wildman–Crippen MR) is 104 cm³/mol. The molecule has 0 aliphatic heterocycles. The van der Waals surface area contributed by atoms with Crippen LogP contribution in [0.4, 0.5) is 10.8 Å². The average Bonchev–Trinajstić information content (AvgIpc) is 3.03. The fourth-order valence-corrected chi connectivity index (χ4v) is 3.58. The molecule has 128 valence electrons. The summed E-state index contributed by atoms with van der Waals surface area (Å²) in [5.41, 5.74) is 1.24. The number of aldehydes is 1. The minimum atomic E-state index is -0.536. The molecule has 0 amide bonds. The standard InChI is InChI=1S/C19H11ClN2O3S/c20-12-5-3-6-13(9-12)21-19-22-17(16(10-23)26-19)14-8-11-4-1-2-7-15(11)25-18(14)24/h1-10H,(H,21,22). The van der Waals surface area contributed by atoms with Crippen molar-refractivity contribution in [2.45, 2.75) is 0 Å². The van der Waals surface area contributed by atoms with Crippen molar-refractivity contribution < 1.29 is 9.21 Å². The molecule has 0 fully saturated rings. The summed E-state index contributed by atoms with van der Waals surface area (Å²) in [4.78, 5) is 28.6. The molecule has 0 aliphatic carbocycles. The van der Waals surface area contributed by atoms with Gasteiger partial charge < -0.3 is 9.73 Å². The highest BCUT2D eigenvalue weighted by Crippen LogP contribution is 2.31. The zero-order chi connectivity index (χ0) is 18.1. The third-order valence-electron chi connectivity index (χ3n) is 3.73. The Morgan fingerprint density at radius 3 is 2.77 bits per heavy atom. The van der Waals surface area contributed by atoms with E-state index >= 15 is 0 Å². The number of hydrogen-bond acceptors (Lipinski definition) is 6. The number of nitrogens with one attached hydrogen (secondary N) is 1. The van der Waals surface area contributed by atoms with E-state index in [9.17, 15) is 9.59 Å². The molecule has 0 saturated carbocycles. The third kappa shape index (κ3) is 3.12. The molecule has 0 atom stereocenters. The highest BCUT2D eigenvalue weighted by Gasteiger charge is 2.17. The first kappa shape index (κ1) is 16.5. The second-order valence-corrected chi connectivity index (χ2v) is 6.94. The number of hydrogen-bond donors (Lipinski definition) is 1. The number of nitrogens with zero attached hydrogens (tertiary/aromatic N) is 1. The summed E-state index contributed by atoms with van der Waals surface area (Å²) in [6.45, 7) is 0. The lowest BCUT2D eigenvalue weighted by Gasteiger charge is -2.02. The Morgan fingerprint density at radius 1 is 1.12 bits per heavy atom. The van der Waals surface area contributed by atoms with Gasteiger partial charge in [0.25, 0.3) is 0 Å². The van der Waals surface area contributed by atoms with Crippen LogP contribution >= 0.6 is 22.9 Å². The van der Waals surface area contributed by atoms with Gasteiger partial charge in [-0.3, -0.25) is 4.79 Å². The van der Waals surface area contributed by atoms with E-state index in [1.165, 1.54) is 0 Å². The van der Waals surface area contributed by atoms with Gasteiger partial charge in [0.05, 0.1) is 10.4 Å². The molecule has 0 unspecified atom stereocenters. The Morgan fingerprint density at radius 2 is 1.96 bits per heavy atom. The van der Waals surface area contributed by atoms with Gasteiger partial charge in [0.1, 0.15) is 11.3 Å². The number of rotatable bonds is 4. The lowest BCUT2D eigenvalue weighted by molar-refractivity contribution is 0.112. The monoisotopic (exact) mass is 382 g/mol. The summed E-state index contributed by atoms with van der Waals surface area (Å²) < 4.78 is 5.35. The highest BCUT2D eigenvalue weighted by molar-refractivity contribution is 7.17. The summed E-state index contributed by atoms with van der Waals surface area (Å²) in [6.07, 6.45) is 0.685. The lowest BCUT2D eigenvalue weighted by atomic mass is 10.1. The number of anilines is 2. The first-order chi connectivity index (χ1) is 12.6. The second kappa shape index (κ2) is 6.74. The van der Waals surface area contributed by atoms with E-state index in [0.29, 0.717) is 32.6 Å². The van der Waals surface area contributed by atoms with Crippen LogP contribution in [-0.4, -0.2) is 11.3 Å². The van der Waals surface area contributed by atoms with Crippen LogP contribution in [0.5, 0.6) is 0 Å². The SMILES string of the molecule is O=Cc1sc(Nc2cccc(Cl)c2)nc1-c1cc2ccccc2oc1=O. The summed E-state index contributed by atoms with van der Waals surface area (Å²) >= 11 is 7.14. The molecule has 0 radical (unpaired) electrons. The fourth-order valence-electron chi connectivity index (χ4n) is 2.57. The average molecular weight is 383 g/mol. The highest BCUT2D eigenvalue weighted by atomic mass is 35.5. The quantitative estimate of drug-likeness (QED) is 0.391. The molecule has 0 aliphatic rings. The van der Waals surface area contributed by atoms with Gasteiger partial charge in [-0.15, -0.1) is 0 Å². The van der Waals surface area contributed by atoms with Crippen molar-refractivity contribution in [1.82, 2.24) is 4.98 Å². The summed E-state index contributed by atoms with van der Waals surface area (Å²) in [6, 6.07) is 16.0. The summed E-state index contributed by atoms with van der Waals surface area (Å²) in [5, 5.41) is 4.92. The molecule has 0 spiro atoms. The van der Waals surface area contributed by atoms with Gasteiger partial charge in [-0.2, -0.15) is 0 Å². The van der Waals surface area contributed by atoms with Crippen LogP contribution in [0, 0.1) is 0 Å². The van der Waals surface area contributed by atoms with Gasteiger partial charge in [0.15, 0.2) is 11.4 Å². The number of para-hydroxylation sites is 1. The van der Waals surface area contributed by atoms with Crippen molar-refractivity contribution in [3.05, 3.63) is 74.9 Å². The van der Waals surface area contributed by atoms with E-state index < -0.39 is 5.63 Å². The van der Waals surface area contributed by atoms with Gasteiger partial charge >= 0.3 is 5.63 Å². The molecule has 0 bridgehead atoms. The Kier molecular flexibility index (Phi) is 4.28. The molecular formula is C19H11ClN2O3S. The maximum absolute atomic E-state index is 12.4. The maximum atomic E-state index is 12.4. The van der Waals surface area contributed by atoms with Gasteiger partial charge in [-0.25, -0.2) is 9.78 Å². The summed E-state index contributed by atoms with van der Waals surface area (Å²) in [7, 11) is 0. The topological polar surface area (TPSA) is 72.2 Å². The van der Waals surface area contributed by atoms with Gasteiger partial charge in [0.2, 0.25) is 0 Å². The Bertz CT molecular complexity index is 1180. The van der Waals surface area contributed by atoms with E-state index in [2.05, 4.69) is 10.3 Å². The van der Waals surface area contributed by atoms with Crippen molar-refractivity contribution in [1.29, 1.82) is 0 Å². The van der Waals surface area contributed by atoms with Crippen molar-refractivity contribution in [2.75, 3.05) is 5.32 Å². The van der Waals surface area contributed by atoms with Crippen molar-refractivity contribution >= 4 is 51.0 Å². The fraction of sp³-hybridized carbons (Fsp3) is 0. The van der Waals surface area contributed by atoms with Crippen LogP contribution in [0.15, 0.2) is 63.8 Å². The van der Waals surface area contributed by atoms with Gasteiger partial charge in [0, 0.05) is 16.1 Å². The lowest BCUT2D eigenvalue weighted by Crippen LogP contribution is -2.04. The first-order valence-electron chi connectivity index (χ1n) is 7.66. The van der Waals surface area contributed by atoms with E-state index in [1.807, 2.05) is 18.2 Å². The van der Waals surface area contributed by atoms with E-state index in [4.69, 9.17) is 16.0 Å². The largest absolute Gasteiger partial charge is 0.422 e. The molecule has 7 heteroatoms. The third-order valence-corrected chi connectivity index (χ3v) is 4.86. The number of carbonyl (C=O) groups excluding carboxylic acids is 1. The van der Waals surface area contributed by atoms with E-state index in [-0.39, 0.29) is 5.56 Å². The van der Waals surface area contributed by atoms with Crippen LogP contribution in [0.3, 0.4) is 0 Å². The molecule has 2 aromatic carbocycles. The molecule has 2 aromatic heterocycles. The van der Waals surface area contributed by atoms with Crippen LogP contribution < -0.4 is 10.9 Å². The molecule has 4 rings (SSSR count). The van der Waals surface area contributed by atoms with Gasteiger partial charge in [-0.1, -0.05) is 47.2 Å². The number of aromatic nitrogens is 1. The zero-order valence-corrected chi connectivity index (χ0v) is 14.8. The van der Waals surface area contributed by atoms with E-state index in [1.54, 1.807) is 36.4 Å². The number of fused-ring (bicyclic) bond motifs is 1. The number of halogens is 1. The van der Waals surface area contributed by atoms with E-state index in [0.717, 1.165) is 22.4 Å². The Labute approximate surface area is 156 Å². The van der Waals surface area contributed by atoms with Crippen LogP contribution in [0.1, 0.15) is 9.67 Å². The normalized spacial score (nSPS) is 10.8. The molecule has 4 aromatic rings. The molecule has 0 saturated heterocycles. The zero-order valence-electron chi connectivity index (χ0n) is 13.2. The van der Waals surface area contributed by atoms with Crippen molar-refractivity contribution in [3.8, 4) is 11.3 Å². The number of benzene rings is 2. The summed E-state index contributed by atoms with van der Waals surface area (Å²) in [5.74, 6) is 0. The smallest absolute Gasteiger partial charge is 0.345 e. The second-order valence-electron chi connectivity index (χ2n) is 5.47. The Balaban J connectivity index is 1.79.